The van der Waals surface area contributed by atoms with Gasteiger partial charge in [0.05, 0.1) is 17.2 Å². The Labute approximate surface area is 107 Å². The molecule has 0 heterocycles. The maximum absolute atomic E-state index is 6.07. The highest BCUT2D eigenvalue weighted by atomic mass is 35.5. The van der Waals surface area contributed by atoms with Crippen LogP contribution in [0.15, 0.2) is 12.1 Å². The first-order chi connectivity index (χ1) is 7.63. The molecule has 0 aliphatic carbocycles. The molecule has 3 heteroatoms. The molecule has 1 aromatic carbocycles. The molecule has 0 N–H and O–H groups in total. The highest BCUT2D eigenvalue weighted by Gasteiger charge is 2.14. The third-order valence-electron chi connectivity index (χ3n) is 2.55. The van der Waals surface area contributed by atoms with Gasteiger partial charge in [0, 0.05) is 6.42 Å². The Morgan fingerprint density at radius 3 is 2.31 bits per heavy atom. The number of ether oxygens (including phenoxy) is 1. The molecule has 0 bridgehead atoms. The van der Waals surface area contributed by atoms with Crippen LogP contribution in [0, 0.1) is 12.3 Å². The minimum atomic E-state index is 0.297. The summed E-state index contributed by atoms with van der Waals surface area (Å²) in [5, 5.41) is 1.06. The van der Waals surface area contributed by atoms with Gasteiger partial charge in [-0.15, -0.1) is 12.3 Å². The van der Waals surface area contributed by atoms with Gasteiger partial charge < -0.3 is 4.74 Å². The number of benzene rings is 1. The van der Waals surface area contributed by atoms with Crippen molar-refractivity contribution in [3.05, 3.63) is 27.7 Å². The zero-order valence-electron chi connectivity index (χ0n) is 9.39. The van der Waals surface area contributed by atoms with Crippen molar-refractivity contribution in [1.29, 1.82) is 0 Å². The van der Waals surface area contributed by atoms with E-state index < -0.39 is 0 Å². The molecule has 0 aliphatic heterocycles. The van der Waals surface area contributed by atoms with Crippen molar-refractivity contribution in [3.8, 4) is 18.1 Å². The van der Waals surface area contributed by atoms with E-state index in [1.165, 1.54) is 0 Å². The fourth-order valence-electron chi connectivity index (χ4n) is 1.65. The standard InChI is InChI=1S/C13H14Cl2O/c1-4-6-9(5-2)10-7-11(14)13(16-3)12(15)8-10/h1,7-9H,5-6H2,2-3H3. The van der Waals surface area contributed by atoms with Crippen molar-refractivity contribution in [2.24, 2.45) is 0 Å². The Hall–Kier alpha value is -0.840. The van der Waals surface area contributed by atoms with E-state index in [-0.39, 0.29) is 0 Å². The van der Waals surface area contributed by atoms with Gasteiger partial charge in [0.25, 0.3) is 0 Å². The molecular formula is C13H14Cl2O. The van der Waals surface area contributed by atoms with E-state index >= 15 is 0 Å². The van der Waals surface area contributed by atoms with Crippen molar-refractivity contribution >= 4 is 23.2 Å². The highest BCUT2D eigenvalue weighted by molar-refractivity contribution is 6.37. The van der Waals surface area contributed by atoms with Gasteiger partial charge in [-0.1, -0.05) is 30.1 Å². The van der Waals surface area contributed by atoms with Crippen LogP contribution in [0.2, 0.25) is 10.0 Å². The Morgan fingerprint density at radius 1 is 1.38 bits per heavy atom. The summed E-state index contributed by atoms with van der Waals surface area (Å²) in [5.74, 6) is 3.48. The van der Waals surface area contributed by atoms with Gasteiger partial charge in [-0.2, -0.15) is 0 Å². The maximum atomic E-state index is 6.07. The molecule has 0 saturated heterocycles. The molecule has 0 aliphatic rings. The molecule has 0 aromatic heterocycles. The van der Waals surface area contributed by atoms with Gasteiger partial charge in [0.15, 0.2) is 5.75 Å². The molecular weight excluding hydrogens is 243 g/mol. The first kappa shape index (κ1) is 13.2. The number of rotatable bonds is 4. The smallest absolute Gasteiger partial charge is 0.156 e. The van der Waals surface area contributed by atoms with Crippen LogP contribution in [0.25, 0.3) is 0 Å². The molecule has 86 valence electrons. The van der Waals surface area contributed by atoms with Crippen molar-refractivity contribution in [2.45, 2.75) is 25.7 Å². The van der Waals surface area contributed by atoms with Gasteiger partial charge in [0.1, 0.15) is 0 Å². The van der Waals surface area contributed by atoms with Gasteiger partial charge in [0.2, 0.25) is 0 Å². The maximum Gasteiger partial charge on any atom is 0.156 e. The summed E-state index contributed by atoms with van der Waals surface area (Å²) in [6, 6.07) is 3.75. The first-order valence-corrected chi connectivity index (χ1v) is 5.86. The zero-order valence-corrected chi connectivity index (χ0v) is 10.9. The van der Waals surface area contributed by atoms with Gasteiger partial charge >= 0.3 is 0 Å². The molecule has 16 heavy (non-hydrogen) atoms. The first-order valence-electron chi connectivity index (χ1n) is 5.10. The van der Waals surface area contributed by atoms with Crippen LogP contribution in [0.4, 0.5) is 0 Å². The Morgan fingerprint density at radius 2 is 1.94 bits per heavy atom. The summed E-state index contributed by atoms with van der Waals surface area (Å²) in [6.07, 6.45) is 6.99. The SMILES string of the molecule is C#CCC(CC)c1cc(Cl)c(OC)c(Cl)c1. The average molecular weight is 257 g/mol. The molecule has 0 spiro atoms. The lowest BCUT2D eigenvalue weighted by Crippen LogP contribution is -1.97. The fourth-order valence-corrected chi connectivity index (χ4v) is 2.31. The fraction of sp³-hybridized carbons (Fsp3) is 0.385. The van der Waals surface area contributed by atoms with E-state index in [4.69, 9.17) is 34.4 Å². The van der Waals surface area contributed by atoms with Crippen molar-refractivity contribution < 1.29 is 4.74 Å². The number of terminal acetylenes is 1. The number of hydrogen-bond donors (Lipinski definition) is 0. The Balaban J connectivity index is 3.12. The van der Waals surface area contributed by atoms with E-state index in [1.807, 2.05) is 12.1 Å². The van der Waals surface area contributed by atoms with Crippen LogP contribution < -0.4 is 4.74 Å². The number of hydrogen-bond acceptors (Lipinski definition) is 1. The van der Waals surface area contributed by atoms with Gasteiger partial charge in [-0.25, -0.2) is 0 Å². The van der Waals surface area contributed by atoms with E-state index in [2.05, 4.69) is 12.8 Å². The van der Waals surface area contributed by atoms with Crippen LogP contribution >= 0.6 is 23.2 Å². The van der Waals surface area contributed by atoms with Crippen molar-refractivity contribution in [3.63, 3.8) is 0 Å². The predicted octanol–water partition coefficient (Wildman–Crippen LogP) is 4.52. The molecule has 0 amide bonds. The van der Waals surface area contributed by atoms with Crippen LogP contribution in [-0.4, -0.2) is 7.11 Å². The van der Waals surface area contributed by atoms with E-state index in [1.54, 1.807) is 7.11 Å². The summed E-state index contributed by atoms with van der Waals surface area (Å²) in [4.78, 5) is 0. The van der Waals surface area contributed by atoms with E-state index in [9.17, 15) is 0 Å². The summed E-state index contributed by atoms with van der Waals surface area (Å²) in [6.45, 7) is 2.09. The largest absolute Gasteiger partial charge is 0.494 e. The lowest BCUT2D eigenvalue weighted by Gasteiger charge is -2.15. The van der Waals surface area contributed by atoms with Crippen molar-refractivity contribution in [1.82, 2.24) is 0 Å². The normalized spacial score (nSPS) is 11.9. The number of halogens is 2. The second-order valence-electron chi connectivity index (χ2n) is 3.53. The Bertz CT molecular complexity index is 384. The summed E-state index contributed by atoms with van der Waals surface area (Å²) in [7, 11) is 1.55. The average Bonchev–Trinajstić information content (AvgIpc) is 2.25. The second kappa shape index (κ2) is 6.03. The molecule has 1 nitrogen and oxygen atoms in total. The number of methoxy groups -OCH3 is 1. The van der Waals surface area contributed by atoms with Crippen LogP contribution in [0.3, 0.4) is 0 Å². The topological polar surface area (TPSA) is 9.23 Å². The molecule has 0 saturated carbocycles. The van der Waals surface area contributed by atoms with E-state index in [0.29, 0.717) is 28.1 Å². The van der Waals surface area contributed by atoms with E-state index in [0.717, 1.165) is 12.0 Å². The van der Waals surface area contributed by atoms with Gasteiger partial charge in [-0.3, -0.25) is 0 Å². The Kier molecular flexibility index (Phi) is 4.99. The second-order valence-corrected chi connectivity index (χ2v) is 4.35. The molecule has 1 aromatic rings. The molecule has 1 unspecified atom stereocenters. The summed E-state index contributed by atoms with van der Waals surface area (Å²) < 4.78 is 5.10. The van der Waals surface area contributed by atoms with Crippen molar-refractivity contribution in [2.75, 3.05) is 7.11 Å². The quantitative estimate of drug-likeness (QED) is 0.720. The third-order valence-corrected chi connectivity index (χ3v) is 3.11. The molecule has 1 rings (SSSR count). The zero-order chi connectivity index (χ0) is 12.1. The summed E-state index contributed by atoms with van der Waals surface area (Å²) >= 11 is 12.1. The minimum absolute atomic E-state index is 0.297. The minimum Gasteiger partial charge on any atom is -0.494 e. The monoisotopic (exact) mass is 256 g/mol. The molecule has 0 radical (unpaired) electrons. The predicted molar refractivity (Wildman–Crippen MR) is 69.5 cm³/mol. The molecule has 1 atom stereocenters. The van der Waals surface area contributed by atoms with Crippen LogP contribution in [0.1, 0.15) is 31.2 Å². The lowest BCUT2D eigenvalue weighted by atomic mass is 9.93. The summed E-state index contributed by atoms with van der Waals surface area (Å²) in [5.41, 5.74) is 1.07. The highest BCUT2D eigenvalue weighted by Crippen LogP contribution is 2.37. The molecule has 0 fully saturated rings. The van der Waals surface area contributed by atoms with Crippen LogP contribution in [-0.2, 0) is 0 Å². The third kappa shape index (κ3) is 2.84. The van der Waals surface area contributed by atoms with Gasteiger partial charge in [-0.05, 0) is 30.0 Å². The lowest BCUT2D eigenvalue weighted by molar-refractivity contribution is 0.415. The van der Waals surface area contributed by atoms with Crippen LogP contribution in [0.5, 0.6) is 5.75 Å².